The fraction of sp³-hybridized carbons (Fsp3) is 0.278. The van der Waals surface area contributed by atoms with Crippen molar-refractivity contribution >= 4 is 23.2 Å². The van der Waals surface area contributed by atoms with Gasteiger partial charge in [-0.15, -0.1) is 13.2 Å². The van der Waals surface area contributed by atoms with Crippen LogP contribution in [0.2, 0.25) is 5.02 Å². The summed E-state index contributed by atoms with van der Waals surface area (Å²) in [6, 6.07) is 10.7. The fourth-order valence-corrected chi connectivity index (χ4v) is 2.46. The molecule has 1 amide bonds. The van der Waals surface area contributed by atoms with Gasteiger partial charge in [0.2, 0.25) is 5.91 Å². The van der Waals surface area contributed by atoms with Gasteiger partial charge in [0.25, 0.3) is 0 Å². The summed E-state index contributed by atoms with van der Waals surface area (Å²) in [4.78, 5) is 12.0. The summed E-state index contributed by atoms with van der Waals surface area (Å²) < 4.78 is 46.3. The monoisotopic (exact) mass is 402 g/mol. The van der Waals surface area contributed by atoms with E-state index >= 15 is 0 Å². The molecule has 0 aliphatic rings. The Morgan fingerprint density at radius 2 is 1.89 bits per heavy atom. The van der Waals surface area contributed by atoms with E-state index in [1.54, 1.807) is 24.3 Å². The third-order valence-corrected chi connectivity index (χ3v) is 3.74. The summed E-state index contributed by atoms with van der Waals surface area (Å²) >= 11 is 5.93. The number of hydrogen-bond acceptors (Lipinski definition) is 4. The van der Waals surface area contributed by atoms with Crippen molar-refractivity contribution in [1.29, 1.82) is 0 Å². The van der Waals surface area contributed by atoms with Gasteiger partial charge in [0, 0.05) is 30.1 Å². The zero-order valence-corrected chi connectivity index (χ0v) is 15.2. The Morgan fingerprint density at radius 1 is 1.15 bits per heavy atom. The number of halogens is 4. The van der Waals surface area contributed by atoms with Crippen molar-refractivity contribution in [3.63, 3.8) is 0 Å². The number of rotatable bonds is 8. The molecule has 0 saturated heterocycles. The van der Waals surface area contributed by atoms with Gasteiger partial charge in [0.05, 0.1) is 12.8 Å². The Morgan fingerprint density at radius 3 is 2.59 bits per heavy atom. The second-order valence-corrected chi connectivity index (χ2v) is 5.89. The quantitative estimate of drug-likeness (QED) is 0.688. The third-order valence-electron chi connectivity index (χ3n) is 3.50. The molecule has 0 spiro atoms. The van der Waals surface area contributed by atoms with Gasteiger partial charge < -0.3 is 20.1 Å². The number of anilines is 1. The molecule has 0 saturated carbocycles. The molecular weight excluding hydrogens is 385 g/mol. The highest BCUT2D eigenvalue weighted by atomic mass is 35.5. The maximum atomic E-state index is 12.4. The van der Waals surface area contributed by atoms with Crippen LogP contribution in [-0.2, 0) is 11.3 Å². The van der Waals surface area contributed by atoms with Gasteiger partial charge in [-0.3, -0.25) is 4.79 Å². The van der Waals surface area contributed by atoms with E-state index in [0.717, 1.165) is 0 Å². The number of alkyl halides is 3. The van der Waals surface area contributed by atoms with E-state index in [0.29, 0.717) is 23.0 Å². The molecular formula is C18H18ClF3N2O3. The number of para-hydroxylation sites is 1. The lowest BCUT2D eigenvalue weighted by molar-refractivity contribution is -0.274. The zero-order chi connectivity index (χ0) is 19.9. The molecule has 0 aromatic heterocycles. The molecule has 9 heteroatoms. The first-order valence-electron chi connectivity index (χ1n) is 7.96. The number of benzene rings is 2. The molecule has 0 atom stereocenters. The Bertz CT molecular complexity index is 785. The lowest BCUT2D eigenvalue weighted by Crippen LogP contribution is -2.26. The second-order valence-electron chi connectivity index (χ2n) is 5.45. The van der Waals surface area contributed by atoms with E-state index in [4.69, 9.17) is 16.3 Å². The van der Waals surface area contributed by atoms with Crippen LogP contribution in [0.4, 0.5) is 18.9 Å². The minimum Gasteiger partial charge on any atom is -0.495 e. The average Bonchev–Trinajstić information content (AvgIpc) is 2.60. The number of hydrogen-bond donors (Lipinski definition) is 2. The highest BCUT2D eigenvalue weighted by Gasteiger charge is 2.31. The number of carbonyl (C=O) groups is 1. The van der Waals surface area contributed by atoms with E-state index in [2.05, 4.69) is 15.4 Å². The molecule has 27 heavy (non-hydrogen) atoms. The summed E-state index contributed by atoms with van der Waals surface area (Å²) in [5.74, 6) is -0.0876. The number of carbonyl (C=O) groups excluding carboxylic acids is 1. The van der Waals surface area contributed by atoms with Crippen molar-refractivity contribution in [3.05, 3.63) is 53.1 Å². The zero-order valence-electron chi connectivity index (χ0n) is 14.4. The lowest BCUT2D eigenvalue weighted by Gasteiger charge is -2.14. The van der Waals surface area contributed by atoms with Gasteiger partial charge in [0.15, 0.2) is 0 Å². The van der Waals surface area contributed by atoms with Crippen molar-refractivity contribution in [2.24, 2.45) is 0 Å². The summed E-state index contributed by atoms with van der Waals surface area (Å²) in [5, 5.41) is 6.12. The van der Waals surface area contributed by atoms with Crippen LogP contribution in [0.15, 0.2) is 42.5 Å². The van der Waals surface area contributed by atoms with Crippen molar-refractivity contribution in [3.8, 4) is 11.5 Å². The highest BCUT2D eigenvalue weighted by molar-refractivity contribution is 6.30. The third kappa shape index (κ3) is 6.90. The molecule has 2 aromatic rings. The average molecular weight is 403 g/mol. The van der Waals surface area contributed by atoms with Gasteiger partial charge in [-0.2, -0.15) is 0 Å². The lowest BCUT2D eigenvalue weighted by atomic mass is 10.2. The molecule has 146 valence electrons. The van der Waals surface area contributed by atoms with Crippen LogP contribution in [0.3, 0.4) is 0 Å². The van der Waals surface area contributed by atoms with Crippen LogP contribution >= 0.6 is 11.6 Å². The molecule has 5 nitrogen and oxygen atoms in total. The molecule has 0 bridgehead atoms. The Labute approximate surface area is 159 Å². The van der Waals surface area contributed by atoms with Crippen molar-refractivity contribution in [1.82, 2.24) is 5.32 Å². The summed E-state index contributed by atoms with van der Waals surface area (Å²) in [7, 11) is 1.52. The van der Waals surface area contributed by atoms with Crippen LogP contribution in [0.1, 0.15) is 12.0 Å². The Kier molecular flexibility index (Phi) is 7.18. The van der Waals surface area contributed by atoms with Crippen LogP contribution in [0.25, 0.3) is 0 Å². The van der Waals surface area contributed by atoms with Crippen molar-refractivity contribution < 1.29 is 27.4 Å². The standard InChI is InChI=1S/C18H18ClF3N2O3/c1-26-16-7-6-13(19)10-14(16)23-9-8-17(25)24-11-12-4-2-3-5-15(12)27-18(20,21)22/h2-7,10,23H,8-9,11H2,1H3,(H,24,25). The van der Waals surface area contributed by atoms with Crippen LogP contribution in [0.5, 0.6) is 11.5 Å². The van der Waals surface area contributed by atoms with Gasteiger partial charge in [-0.05, 0) is 24.3 Å². The van der Waals surface area contributed by atoms with E-state index in [1.165, 1.54) is 25.3 Å². The van der Waals surface area contributed by atoms with Crippen molar-refractivity contribution in [2.75, 3.05) is 19.0 Å². The fourth-order valence-electron chi connectivity index (χ4n) is 2.29. The first-order chi connectivity index (χ1) is 12.8. The van der Waals surface area contributed by atoms with E-state index in [1.807, 2.05) is 0 Å². The van der Waals surface area contributed by atoms with Crippen molar-refractivity contribution in [2.45, 2.75) is 19.3 Å². The van der Waals surface area contributed by atoms with Crippen LogP contribution < -0.4 is 20.1 Å². The van der Waals surface area contributed by atoms with Gasteiger partial charge in [0.1, 0.15) is 11.5 Å². The minimum atomic E-state index is -4.79. The molecule has 0 aliphatic carbocycles. The predicted octanol–water partition coefficient (Wildman–Crippen LogP) is 4.37. The predicted molar refractivity (Wildman–Crippen MR) is 96.1 cm³/mol. The molecule has 2 aromatic carbocycles. The Hall–Kier alpha value is -2.61. The van der Waals surface area contributed by atoms with Gasteiger partial charge in [-0.25, -0.2) is 0 Å². The molecule has 2 N–H and O–H groups in total. The first-order valence-corrected chi connectivity index (χ1v) is 8.34. The summed E-state index contributed by atoms with van der Waals surface area (Å²) in [6.07, 6.45) is -4.68. The number of methoxy groups -OCH3 is 1. The number of ether oxygens (including phenoxy) is 2. The molecule has 0 aliphatic heterocycles. The second kappa shape index (κ2) is 9.36. The molecule has 2 rings (SSSR count). The number of nitrogens with one attached hydrogen (secondary N) is 2. The maximum Gasteiger partial charge on any atom is 0.573 e. The summed E-state index contributed by atoms with van der Waals surface area (Å²) in [6.45, 7) is 0.217. The van der Waals surface area contributed by atoms with Gasteiger partial charge >= 0.3 is 6.36 Å². The Balaban J connectivity index is 1.85. The highest BCUT2D eigenvalue weighted by Crippen LogP contribution is 2.28. The molecule has 0 heterocycles. The van der Waals surface area contributed by atoms with Gasteiger partial charge in [-0.1, -0.05) is 29.8 Å². The molecule has 0 radical (unpaired) electrons. The number of amides is 1. The normalized spacial score (nSPS) is 11.0. The largest absolute Gasteiger partial charge is 0.573 e. The van der Waals surface area contributed by atoms with E-state index < -0.39 is 6.36 Å². The van der Waals surface area contributed by atoms with E-state index in [-0.39, 0.29) is 30.2 Å². The van der Waals surface area contributed by atoms with E-state index in [9.17, 15) is 18.0 Å². The first kappa shape index (κ1) is 20.7. The smallest absolute Gasteiger partial charge is 0.495 e. The molecule has 0 unspecified atom stereocenters. The molecule has 0 fully saturated rings. The SMILES string of the molecule is COc1ccc(Cl)cc1NCCC(=O)NCc1ccccc1OC(F)(F)F. The minimum absolute atomic E-state index is 0.0778. The summed E-state index contributed by atoms with van der Waals surface area (Å²) in [5.41, 5.74) is 0.870. The topological polar surface area (TPSA) is 59.6 Å². The van der Waals surface area contributed by atoms with Crippen LogP contribution in [-0.4, -0.2) is 25.9 Å². The maximum absolute atomic E-state index is 12.4. The van der Waals surface area contributed by atoms with Crippen LogP contribution in [0, 0.1) is 0 Å².